The van der Waals surface area contributed by atoms with Crippen LogP contribution < -0.4 is 0 Å². The van der Waals surface area contributed by atoms with Crippen molar-refractivity contribution >= 4 is 11.6 Å². The lowest BCUT2D eigenvalue weighted by Gasteiger charge is -1.96. The van der Waals surface area contributed by atoms with E-state index in [-0.39, 0.29) is 11.6 Å². The second-order valence-electron chi connectivity index (χ2n) is 4.48. The van der Waals surface area contributed by atoms with Gasteiger partial charge >= 0.3 is 0 Å². The fraction of sp³-hybridized carbons (Fsp3) is 0. The quantitative estimate of drug-likeness (QED) is 0.458. The molecule has 0 fully saturated rings. The van der Waals surface area contributed by atoms with Crippen LogP contribution in [0.1, 0.15) is 20.7 Å². The van der Waals surface area contributed by atoms with Crippen LogP contribution in [0.15, 0.2) is 73.2 Å². The zero-order valence-electron chi connectivity index (χ0n) is 11.9. The van der Waals surface area contributed by atoms with Gasteiger partial charge in [-0.3, -0.25) is 9.59 Å². The Labute approximate surface area is 131 Å². The van der Waals surface area contributed by atoms with E-state index in [2.05, 4.69) is 0 Å². The van der Waals surface area contributed by atoms with Crippen LogP contribution >= 0.6 is 0 Å². The third-order valence-electron chi connectivity index (χ3n) is 2.85. The fourth-order valence-electron chi connectivity index (χ4n) is 1.67. The lowest BCUT2D eigenvalue weighted by molar-refractivity contribution is 0.103. The predicted molar refractivity (Wildman–Crippen MR) is 80.8 cm³/mol. The molecule has 0 bridgehead atoms. The Balaban J connectivity index is 1.86. The van der Waals surface area contributed by atoms with E-state index >= 15 is 0 Å². The molecule has 23 heavy (non-hydrogen) atoms. The number of carbonyl (C=O) groups is 2. The summed E-state index contributed by atoms with van der Waals surface area (Å²) < 4.78 is 30.4. The van der Waals surface area contributed by atoms with Crippen molar-refractivity contribution < 1.29 is 23.1 Å². The molecule has 2 rings (SSSR count). The zero-order chi connectivity index (χ0) is 16.7. The number of ether oxygens (including phenoxy) is 1. The van der Waals surface area contributed by atoms with Gasteiger partial charge in [0, 0.05) is 23.3 Å². The molecule has 0 heterocycles. The number of benzene rings is 2. The van der Waals surface area contributed by atoms with Gasteiger partial charge in [-0.15, -0.1) is 0 Å². The van der Waals surface area contributed by atoms with Crippen molar-refractivity contribution in [3.8, 4) is 0 Å². The van der Waals surface area contributed by atoms with Crippen molar-refractivity contribution in [2.45, 2.75) is 0 Å². The zero-order valence-corrected chi connectivity index (χ0v) is 11.9. The molecule has 0 aliphatic heterocycles. The average Bonchev–Trinajstić information content (AvgIpc) is 2.55. The van der Waals surface area contributed by atoms with Gasteiger partial charge in [0.1, 0.15) is 11.6 Å². The summed E-state index contributed by atoms with van der Waals surface area (Å²) in [5, 5.41) is 0. The second kappa shape index (κ2) is 7.79. The molecule has 0 N–H and O–H groups in total. The van der Waals surface area contributed by atoms with Crippen LogP contribution in [0.5, 0.6) is 0 Å². The largest absolute Gasteiger partial charge is 0.472 e. The third kappa shape index (κ3) is 5.00. The van der Waals surface area contributed by atoms with E-state index in [1.54, 1.807) is 0 Å². The molecule has 0 unspecified atom stereocenters. The smallest absolute Gasteiger partial charge is 0.188 e. The number of hydrogen-bond donors (Lipinski definition) is 0. The Morgan fingerprint density at radius 2 is 1.04 bits per heavy atom. The predicted octanol–water partition coefficient (Wildman–Crippen LogP) is 4.07. The highest BCUT2D eigenvalue weighted by Gasteiger charge is 2.02. The van der Waals surface area contributed by atoms with Crippen LogP contribution in [-0.4, -0.2) is 11.6 Å². The van der Waals surface area contributed by atoms with Gasteiger partial charge in [0.05, 0.1) is 12.5 Å². The summed E-state index contributed by atoms with van der Waals surface area (Å²) in [4.78, 5) is 23.4. The first-order valence-electron chi connectivity index (χ1n) is 6.64. The van der Waals surface area contributed by atoms with E-state index in [1.165, 1.54) is 48.5 Å². The van der Waals surface area contributed by atoms with Crippen molar-refractivity contribution in [1.29, 1.82) is 0 Å². The monoisotopic (exact) mass is 314 g/mol. The highest BCUT2D eigenvalue weighted by molar-refractivity contribution is 6.04. The molecule has 2 aromatic rings. The molecule has 3 nitrogen and oxygen atoms in total. The van der Waals surface area contributed by atoms with Crippen molar-refractivity contribution in [1.82, 2.24) is 0 Å². The number of carbonyl (C=O) groups excluding carboxylic acids is 2. The summed E-state index contributed by atoms with van der Waals surface area (Å²) in [6.07, 6.45) is 4.53. The fourth-order valence-corrected chi connectivity index (χ4v) is 1.67. The lowest BCUT2D eigenvalue weighted by atomic mass is 10.1. The molecule has 0 aliphatic rings. The maximum absolute atomic E-state index is 12.7. The Morgan fingerprint density at radius 3 is 1.39 bits per heavy atom. The number of halogens is 2. The Hall–Kier alpha value is -3.08. The van der Waals surface area contributed by atoms with Gasteiger partial charge in [0.15, 0.2) is 11.6 Å². The molecule has 0 amide bonds. The molecular formula is C18H12F2O3. The molecule has 0 saturated carbocycles. The minimum Gasteiger partial charge on any atom is -0.472 e. The number of allylic oxidation sites excluding steroid dienone is 2. The lowest BCUT2D eigenvalue weighted by Crippen LogP contribution is -1.95. The molecule has 2 aromatic carbocycles. The van der Waals surface area contributed by atoms with Crippen LogP contribution in [0.2, 0.25) is 0 Å². The minimum absolute atomic E-state index is 0.317. The van der Waals surface area contributed by atoms with Crippen molar-refractivity contribution in [3.05, 3.63) is 96.0 Å². The van der Waals surface area contributed by atoms with Gasteiger partial charge in [-0.25, -0.2) is 8.78 Å². The molecule has 0 saturated heterocycles. The highest BCUT2D eigenvalue weighted by Crippen LogP contribution is 2.06. The molecule has 0 radical (unpaired) electrons. The Bertz CT molecular complexity index is 679. The van der Waals surface area contributed by atoms with Crippen LogP contribution in [0.4, 0.5) is 8.78 Å². The van der Waals surface area contributed by atoms with Crippen LogP contribution in [0.3, 0.4) is 0 Å². The second-order valence-corrected chi connectivity index (χ2v) is 4.48. The van der Waals surface area contributed by atoms with E-state index in [1.807, 2.05) is 0 Å². The number of hydrogen-bond acceptors (Lipinski definition) is 3. The van der Waals surface area contributed by atoms with Crippen molar-refractivity contribution in [2.24, 2.45) is 0 Å². The first kappa shape index (κ1) is 16.3. The average molecular weight is 314 g/mol. The van der Waals surface area contributed by atoms with Gasteiger partial charge in [-0.05, 0) is 48.5 Å². The highest BCUT2D eigenvalue weighted by atomic mass is 19.1. The standard InChI is InChI=1S/C18H12F2O3/c19-15-5-1-13(2-6-15)17(21)9-11-23-12-10-18(22)14-3-7-16(20)8-4-14/h1-12H/b11-9-,12-10-. The van der Waals surface area contributed by atoms with Crippen molar-refractivity contribution in [2.75, 3.05) is 0 Å². The summed E-state index contributed by atoms with van der Waals surface area (Å²) in [6.45, 7) is 0. The van der Waals surface area contributed by atoms with E-state index in [0.717, 1.165) is 24.7 Å². The minimum atomic E-state index is -0.427. The molecular weight excluding hydrogens is 302 g/mol. The molecule has 0 aliphatic carbocycles. The molecule has 5 heteroatoms. The first-order valence-corrected chi connectivity index (χ1v) is 6.64. The van der Waals surface area contributed by atoms with Crippen molar-refractivity contribution in [3.63, 3.8) is 0 Å². The van der Waals surface area contributed by atoms with Gasteiger partial charge in [-0.2, -0.15) is 0 Å². The maximum atomic E-state index is 12.7. The summed E-state index contributed by atoms with van der Waals surface area (Å²) in [5.41, 5.74) is 0.634. The molecule has 0 atom stereocenters. The topological polar surface area (TPSA) is 43.4 Å². The maximum Gasteiger partial charge on any atom is 0.188 e. The van der Waals surface area contributed by atoms with E-state index in [0.29, 0.717) is 11.1 Å². The summed E-state index contributed by atoms with van der Waals surface area (Å²) >= 11 is 0. The number of rotatable bonds is 6. The Morgan fingerprint density at radius 1 is 0.696 bits per heavy atom. The van der Waals surface area contributed by atoms with Gasteiger partial charge in [0.2, 0.25) is 0 Å². The van der Waals surface area contributed by atoms with Crippen LogP contribution in [0, 0.1) is 11.6 Å². The summed E-state index contributed by atoms with van der Waals surface area (Å²) in [7, 11) is 0. The van der Waals surface area contributed by atoms with Crippen LogP contribution in [0.25, 0.3) is 0 Å². The summed E-state index contributed by atoms with van der Waals surface area (Å²) in [5.74, 6) is -1.57. The molecule has 0 spiro atoms. The van der Waals surface area contributed by atoms with Gasteiger partial charge < -0.3 is 4.74 Å². The number of ketones is 2. The normalized spacial score (nSPS) is 11.0. The van der Waals surface area contributed by atoms with E-state index in [4.69, 9.17) is 4.74 Å². The molecule has 0 aromatic heterocycles. The van der Waals surface area contributed by atoms with E-state index in [9.17, 15) is 18.4 Å². The molecule has 116 valence electrons. The van der Waals surface area contributed by atoms with Crippen LogP contribution in [-0.2, 0) is 4.74 Å². The van der Waals surface area contributed by atoms with Gasteiger partial charge in [-0.1, -0.05) is 0 Å². The SMILES string of the molecule is O=C(/C=C\O/C=C\C(=O)c1ccc(F)cc1)c1ccc(F)cc1. The van der Waals surface area contributed by atoms with E-state index < -0.39 is 11.6 Å². The van der Waals surface area contributed by atoms with Gasteiger partial charge in [0.25, 0.3) is 0 Å². The summed E-state index contributed by atoms with van der Waals surface area (Å²) in [6, 6.07) is 10.2. The third-order valence-corrected chi connectivity index (χ3v) is 2.85. The Kier molecular flexibility index (Phi) is 5.52. The first-order chi connectivity index (χ1) is 11.1.